The summed E-state index contributed by atoms with van der Waals surface area (Å²) in [6.07, 6.45) is -3.15. The number of halogens is 3. The lowest BCUT2D eigenvalue weighted by Crippen LogP contribution is -2.27. The molecular weight excluding hydrogens is 363 g/mol. The predicted octanol–water partition coefficient (Wildman–Crippen LogP) is 5.25. The van der Waals surface area contributed by atoms with Crippen molar-refractivity contribution in [2.75, 3.05) is 0 Å². The van der Waals surface area contributed by atoms with E-state index in [1.165, 1.54) is 18.2 Å². The van der Waals surface area contributed by atoms with Gasteiger partial charge in [0, 0.05) is 0 Å². The number of alkyl halides is 3. The Balaban J connectivity index is 1.82. The van der Waals surface area contributed by atoms with Crippen molar-refractivity contribution in [3.63, 3.8) is 0 Å². The molecule has 2 aromatic carbocycles. The van der Waals surface area contributed by atoms with Crippen LogP contribution in [0.25, 0.3) is 6.08 Å². The Bertz CT molecular complexity index is 888. The van der Waals surface area contributed by atoms with E-state index in [4.69, 9.17) is 0 Å². The molecule has 0 bridgehead atoms. The van der Waals surface area contributed by atoms with Crippen molar-refractivity contribution >= 4 is 29.0 Å². The number of rotatable bonds is 3. The van der Waals surface area contributed by atoms with Gasteiger partial charge in [-0.1, -0.05) is 42.0 Å². The van der Waals surface area contributed by atoms with Crippen LogP contribution in [0.5, 0.6) is 0 Å². The van der Waals surface area contributed by atoms with Gasteiger partial charge in [-0.3, -0.25) is 14.5 Å². The minimum Gasteiger partial charge on any atom is -0.268 e. The molecule has 0 aliphatic carbocycles. The van der Waals surface area contributed by atoms with Gasteiger partial charge in [0.05, 0.1) is 17.0 Å². The van der Waals surface area contributed by atoms with Gasteiger partial charge in [0.1, 0.15) is 0 Å². The molecule has 1 fully saturated rings. The summed E-state index contributed by atoms with van der Waals surface area (Å²) in [5.41, 5.74) is 1.29. The van der Waals surface area contributed by atoms with Gasteiger partial charge in [0.15, 0.2) is 0 Å². The van der Waals surface area contributed by atoms with Gasteiger partial charge in [-0.2, -0.15) is 13.2 Å². The van der Waals surface area contributed by atoms with Gasteiger partial charge >= 0.3 is 6.18 Å². The molecular formula is C19H14F3NO2S. The van der Waals surface area contributed by atoms with Crippen molar-refractivity contribution in [1.82, 2.24) is 4.90 Å². The Hall–Kier alpha value is -2.54. The van der Waals surface area contributed by atoms with E-state index in [-0.39, 0.29) is 17.0 Å². The zero-order chi connectivity index (χ0) is 18.9. The Morgan fingerprint density at radius 3 is 2.42 bits per heavy atom. The van der Waals surface area contributed by atoms with E-state index in [1.54, 1.807) is 0 Å². The lowest BCUT2D eigenvalue weighted by molar-refractivity contribution is -0.137. The van der Waals surface area contributed by atoms with Crippen LogP contribution in [0, 0.1) is 6.92 Å². The lowest BCUT2D eigenvalue weighted by Gasteiger charge is -2.12. The molecule has 0 N–H and O–H groups in total. The first-order chi connectivity index (χ1) is 12.2. The highest BCUT2D eigenvalue weighted by atomic mass is 32.2. The summed E-state index contributed by atoms with van der Waals surface area (Å²) in [4.78, 5) is 25.8. The second-order valence-electron chi connectivity index (χ2n) is 5.88. The molecule has 0 atom stereocenters. The van der Waals surface area contributed by atoms with E-state index >= 15 is 0 Å². The first-order valence-corrected chi connectivity index (χ1v) is 8.54. The lowest BCUT2D eigenvalue weighted by atomic mass is 10.1. The first kappa shape index (κ1) is 18.3. The number of amides is 2. The molecule has 3 rings (SSSR count). The van der Waals surface area contributed by atoms with Gasteiger partial charge in [0.25, 0.3) is 11.1 Å². The van der Waals surface area contributed by atoms with Crippen molar-refractivity contribution < 1.29 is 22.8 Å². The monoisotopic (exact) mass is 377 g/mol. The van der Waals surface area contributed by atoms with Gasteiger partial charge < -0.3 is 0 Å². The third-order valence-electron chi connectivity index (χ3n) is 3.85. The predicted molar refractivity (Wildman–Crippen MR) is 94.1 cm³/mol. The van der Waals surface area contributed by atoms with E-state index in [0.29, 0.717) is 0 Å². The fourth-order valence-corrected chi connectivity index (χ4v) is 3.31. The maximum Gasteiger partial charge on any atom is 0.416 e. The van der Waals surface area contributed by atoms with Crippen LogP contribution in [0.2, 0.25) is 0 Å². The number of nitrogens with zero attached hydrogens (tertiary/aromatic N) is 1. The van der Waals surface area contributed by atoms with Crippen LogP contribution >= 0.6 is 11.8 Å². The second-order valence-corrected chi connectivity index (χ2v) is 6.87. The normalized spacial score (nSPS) is 16.6. The molecule has 2 amide bonds. The minimum atomic E-state index is -4.46. The summed E-state index contributed by atoms with van der Waals surface area (Å²) in [5, 5.41) is -0.436. The number of carbonyl (C=O) groups excluding carboxylic acids is 2. The van der Waals surface area contributed by atoms with E-state index in [1.807, 2.05) is 31.2 Å². The topological polar surface area (TPSA) is 37.4 Å². The van der Waals surface area contributed by atoms with Gasteiger partial charge in [-0.15, -0.1) is 0 Å². The Kier molecular flexibility index (Phi) is 4.91. The molecule has 3 nitrogen and oxygen atoms in total. The molecule has 2 aromatic rings. The third-order valence-corrected chi connectivity index (χ3v) is 4.75. The first-order valence-electron chi connectivity index (χ1n) is 7.72. The van der Waals surface area contributed by atoms with Crippen molar-refractivity contribution in [2.45, 2.75) is 19.6 Å². The molecule has 134 valence electrons. The number of thioether (sulfide) groups is 1. The fourth-order valence-electron chi connectivity index (χ4n) is 2.47. The smallest absolute Gasteiger partial charge is 0.268 e. The van der Waals surface area contributed by atoms with Gasteiger partial charge in [0.2, 0.25) is 0 Å². The number of imide groups is 1. The number of hydrogen-bond donors (Lipinski definition) is 0. The molecule has 1 heterocycles. The van der Waals surface area contributed by atoms with Crippen LogP contribution in [0.1, 0.15) is 22.3 Å². The summed E-state index contributed by atoms with van der Waals surface area (Å²) in [7, 11) is 0. The third kappa shape index (κ3) is 3.99. The van der Waals surface area contributed by atoms with Crippen LogP contribution in [-0.4, -0.2) is 16.0 Å². The zero-order valence-electron chi connectivity index (χ0n) is 13.7. The summed E-state index contributed by atoms with van der Waals surface area (Å²) in [6, 6.07) is 12.1. The summed E-state index contributed by atoms with van der Waals surface area (Å²) in [5.74, 6) is -0.502. The molecule has 0 unspecified atom stereocenters. The second kappa shape index (κ2) is 6.99. The van der Waals surface area contributed by atoms with Crippen LogP contribution in [0.3, 0.4) is 0 Å². The molecule has 0 radical (unpaired) electrons. The quantitative estimate of drug-likeness (QED) is 0.686. The van der Waals surface area contributed by atoms with Crippen molar-refractivity contribution in [3.8, 4) is 0 Å². The molecule has 0 saturated carbocycles. The van der Waals surface area contributed by atoms with Crippen LogP contribution < -0.4 is 0 Å². The van der Waals surface area contributed by atoms with Gasteiger partial charge in [-0.05, 0) is 48.0 Å². The van der Waals surface area contributed by atoms with Crippen molar-refractivity contribution in [2.24, 2.45) is 0 Å². The van der Waals surface area contributed by atoms with Crippen LogP contribution in [0.4, 0.5) is 18.0 Å². The zero-order valence-corrected chi connectivity index (χ0v) is 14.5. The minimum absolute atomic E-state index is 0.112. The highest BCUT2D eigenvalue weighted by Crippen LogP contribution is 2.34. The molecule has 1 aliphatic heterocycles. The van der Waals surface area contributed by atoms with E-state index in [2.05, 4.69) is 0 Å². The average molecular weight is 377 g/mol. The van der Waals surface area contributed by atoms with Gasteiger partial charge in [-0.25, -0.2) is 0 Å². The molecule has 1 saturated heterocycles. The van der Waals surface area contributed by atoms with E-state index < -0.39 is 22.9 Å². The fraction of sp³-hybridized carbons (Fsp3) is 0.158. The number of benzene rings is 2. The van der Waals surface area contributed by atoms with Crippen LogP contribution in [0.15, 0.2) is 53.4 Å². The molecule has 1 aliphatic rings. The summed E-state index contributed by atoms with van der Waals surface area (Å²) >= 11 is 0.730. The Morgan fingerprint density at radius 2 is 1.77 bits per heavy atom. The highest BCUT2D eigenvalue weighted by Gasteiger charge is 2.35. The summed E-state index contributed by atoms with van der Waals surface area (Å²) < 4.78 is 38.4. The maximum absolute atomic E-state index is 12.8. The molecule has 26 heavy (non-hydrogen) atoms. The maximum atomic E-state index is 12.8. The summed E-state index contributed by atoms with van der Waals surface area (Å²) in [6.45, 7) is 2.06. The standard InChI is InChI=1S/C19H14F3NO2S/c1-12-5-7-13(8-6-12)11-23-17(24)16(26-18(23)25)10-14-3-2-4-15(9-14)19(20,21)22/h2-10H,11H2,1H3/b16-10+. The van der Waals surface area contributed by atoms with Crippen molar-refractivity contribution in [3.05, 3.63) is 75.7 Å². The molecule has 0 aromatic heterocycles. The van der Waals surface area contributed by atoms with Crippen LogP contribution in [-0.2, 0) is 17.5 Å². The highest BCUT2D eigenvalue weighted by molar-refractivity contribution is 8.18. The molecule has 0 spiro atoms. The number of carbonyl (C=O) groups is 2. The molecule has 7 heteroatoms. The van der Waals surface area contributed by atoms with E-state index in [0.717, 1.165) is 39.9 Å². The number of hydrogen-bond acceptors (Lipinski definition) is 3. The van der Waals surface area contributed by atoms with Crippen molar-refractivity contribution in [1.29, 1.82) is 0 Å². The Morgan fingerprint density at radius 1 is 1.08 bits per heavy atom. The SMILES string of the molecule is Cc1ccc(CN2C(=O)S/C(=C/c3cccc(C(F)(F)F)c3)C2=O)cc1. The number of aryl methyl sites for hydroxylation is 1. The largest absolute Gasteiger partial charge is 0.416 e. The Labute approximate surface area is 152 Å². The van der Waals surface area contributed by atoms with E-state index in [9.17, 15) is 22.8 Å². The average Bonchev–Trinajstić information content (AvgIpc) is 2.84.